The molecule has 0 amide bonds. The van der Waals surface area contributed by atoms with Gasteiger partial charge in [-0.25, -0.2) is 0 Å². The van der Waals surface area contributed by atoms with Crippen molar-refractivity contribution in [2.75, 3.05) is 13.1 Å². The van der Waals surface area contributed by atoms with Crippen LogP contribution in [0.3, 0.4) is 0 Å². The lowest BCUT2D eigenvalue weighted by molar-refractivity contribution is 0.682. The Hall–Kier alpha value is -0.820. The second-order valence-electron chi connectivity index (χ2n) is 5.90. The number of hydrogen-bond acceptors (Lipinski definition) is 1. The normalized spacial score (nSPS) is 36.2. The van der Waals surface area contributed by atoms with Gasteiger partial charge in [0.2, 0.25) is 0 Å². The van der Waals surface area contributed by atoms with Gasteiger partial charge in [0.15, 0.2) is 0 Å². The van der Waals surface area contributed by atoms with Crippen LogP contribution in [0.25, 0.3) is 0 Å². The van der Waals surface area contributed by atoms with E-state index in [1.165, 1.54) is 25.9 Å². The van der Waals surface area contributed by atoms with Crippen LogP contribution >= 0.6 is 0 Å². The topological polar surface area (TPSA) is 12.0 Å². The van der Waals surface area contributed by atoms with Crippen molar-refractivity contribution in [3.8, 4) is 0 Å². The molecule has 2 saturated carbocycles. The Balaban J connectivity index is 1.63. The smallest absolute Gasteiger partial charge is 0.00111 e. The van der Waals surface area contributed by atoms with Crippen molar-refractivity contribution < 1.29 is 0 Å². The number of aryl methyl sites for hydroxylation is 1. The molecule has 1 saturated heterocycles. The van der Waals surface area contributed by atoms with Gasteiger partial charge in [0.1, 0.15) is 0 Å². The molecule has 1 heteroatoms. The average molecular weight is 213 g/mol. The Kier molecular flexibility index (Phi) is 1.79. The molecule has 16 heavy (non-hydrogen) atoms. The van der Waals surface area contributed by atoms with E-state index in [0.717, 1.165) is 23.7 Å². The first-order chi connectivity index (χ1) is 7.84. The molecular weight excluding hydrogens is 194 g/mol. The van der Waals surface area contributed by atoms with Gasteiger partial charge in [-0.15, -0.1) is 0 Å². The highest BCUT2D eigenvalue weighted by Gasteiger charge is 2.53. The SMILES string of the molecule is Cc1cc(C2CC2)ccc1C1C2CNCC21. The van der Waals surface area contributed by atoms with Crippen LogP contribution in [0, 0.1) is 18.8 Å². The van der Waals surface area contributed by atoms with Crippen LogP contribution in [0.15, 0.2) is 18.2 Å². The van der Waals surface area contributed by atoms with Gasteiger partial charge in [-0.1, -0.05) is 18.2 Å². The fraction of sp³-hybridized carbons (Fsp3) is 0.600. The van der Waals surface area contributed by atoms with Gasteiger partial charge in [0.25, 0.3) is 0 Å². The molecule has 1 N–H and O–H groups in total. The molecule has 4 rings (SSSR count). The minimum absolute atomic E-state index is 0.884. The number of piperidine rings is 1. The maximum Gasteiger partial charge on any atom is -0.00111 e. The van der Waals surface area contributed by atoms with Crippen LogP contribution in [0.4, 0.5) is 0 Å². The summed E-state index contributed by atoms with van der Waals surface area (Å²) in [6.45, 7) is 4.81. The maximum absolute atomic E-state index is 3.48. The summed E-state index contributed by atoms with van der Waals surface area (Å²) in [4.78, 5) is 0. The fourth-order valence-electron chi connectivity index (χ4n) is 3.62. The van der Waals surface area contributed by atoms with E-state index >= 15 is 0 Å². The van der Waals surface area contributed by atoms with Crippen molar-refractivity contribution in [3.05, 3.63) is 34.9 Å². The standard InChI is InChI=1S/C15H19N/c1-9-6-11(10-2-3-10)4-5-12(9)15-13-7-16-8-14(13)15/h4-6,10,13-16H,2-3,7-8H2,1H3. The van der Waals surface area contributed by atoms with Gasteiger partial charge < -0.3 is 5.32 Å². The molecule has 1 aliphatic heterocycles. The Labute approximate surface area is 97.2 Å². The highest BCUT2D eigenvalue weighted by atomic mass is 15.0. The monoisotopic (exact) mass is 213 g/mol. The quantitative estimate of drug-likeness (QED) is 0.796. The molecule has 0 spiro atoms. The average Bonchev–Trinajstić information content (AvgIpc) is 3.18. The summed E-state index contributed by atoms with van der Waals surface area (Å²) < 4.78 is 0. The molecule has 3 aliphatic rings. The second-order valence-corrected chi connectivity index (χ2v) is 5.90. The zero-order valence-electron chi connectivity index (χ0n) is 9.87. The van der Waals surface area contributed by atoms with Crippen LogP contribution in [0.1, 0.15) is 41.4 Å². The number of benzene rings is 1. The van der Waals surface area contributed by atoms with Gasteiger partial charge in [-0.2, -0.15) is 0 Å². The number of rotatable bonds is 2. The number of fused-ring (bicyclic) bond motifs is 1. The maximum atomic E-state index is 3.48. The molecule has 3 fully saturated rings. The minimum atomic E-state index is 0.884. The highest BCUT2D eigenvalue weighted by molar-refractivity contribution is 5.41. The van der Waals surface area contributed by atoms with E-state index in [2.05, 4.69) is 30.4 Å². The summed E-state index contributed by atoms with van der Waals surface area (Å²) in [5, 5.41) is 3.48. The van der Waals surface area contributed by atoms with Gasteiger partial charge in [-0.3, -0.25) is 0 Å². The molecule has 1 nitrogen and oxygen atoms in total. The molecule has 2 aliphatic carbocycles. The third-order valence-corrected chi connectivity index (χ3v) is 4.79. The zero-order valence-corrected chi connectivity index (χ0v) is 9.87. The van der Waals surface area contributed by atoms with Crippen LogP contribution in [-0.4, -0.2) is 13.1 Å². The van der Waals surface area contributed by atoms with E-state index in [-0.39, 0.29) is 0 Å². The Morgan fingerprint density at radius 3 is 2.50 bits per heavy atom. The predicted molar refractivity (Wildman–Crippen MR) is 65.7 cm³/mol. The second kappa shape index (κ2) is 3.10. The van der Waals surface area contributed by atoms with Crippen molar-refractivity contribution in [1.82, 2.24) is 5.32 Å². The van der Waals surface area contributed by atoms with Crippen LogP contribution in [0.2, 0.25) is 0 Å². The van der Waals surface area contributed by atoms with E-state index in [4.69, 9.17) is 0 Å². The molecule has 1 aromatic carbocycles. The molecule has 2 atom stereocenters. The molecule has 0 radical (unpaired) electrons. The summed E-state index contributed by atoms with van der Waals surface area (Å²) >= 11 is 0. The summed E-state index contributed by atoms with van der Waals surface area (Å²) in [5.41, 5.74) is 4.77. The molecule has 0 bridgehead atoms. The molecule has 2 unspecified atom stereocenters. The Morgan fingerprint density at radius 1 is 1.12 bits per heavy atom. The zero-order chi connectivity index (χ0) is 10.7. The van der Waals surface area contributed by atoms with Gasteiger partial charge in [-0.05, 0) is 73.2 Å². The third-order valence-electron chi connectivity index (χ3n) is 4.79. The van der Waals surface area contributed by atoms with Gasteiger partial charge in [0.05, 0.1) is 0 Å². The molecule has 1 aromatic rings. The van der Waals surface area contributed by atoms with E-state index in [9.17, 15) is 0 Å². The first kappa shape index (κ1) is 9.23. The summed E-state index contributed by atoms with van der Waals surface area (Å²) in [7, 11) is 0. The first-order valence-corrected chi connectivity index (χ1v) is 6.66. The number of nitrogens with one attached hydrogen (secondary N) is 1. The molecular formula is C15H19N. The lowest BCUT2D eigenvalue weighted by Gasteiger charge is -2.10. The van der Waals surface area contributed by atoms with E-state index < -0.39 is 0 Å². The Bertz CT molecular complexity index is 423. The lowest BCUT2D eigenvalue weighted by Crippen LogP contribution is -2.14. The van der Waals surface area contributed by atoms with Crippen molar-refractivity contribution in [1.29, 1.82) is 0 Å². The van der Waals surface area contributed by atoms with Crippen LogP contribution in [-0.2, 0) is 0 Å². The molecule has 84 valence electrons. The lowest BCUT2D eigenvalue weighted by atomic mass is 9.97. The van der Waals surface area contributed by atoms with Crippen molar-refractivity contribution in [2.24, 2.45) is 11.8 Å². The van der Waals surface area contributed by atoms with Gasteiger partial charge >= 0.3 is 0 Å². The largest absolute Gasteiger partial charge is 0.316 e. The summed E-state index contributed by atoms with van der Waals surface area (Å²) in [5.74, 6) is 3.68. The minimum Gasteiger partial charge on any atom is -0.316 e. The Morgan fingerprint density at radius 2 is 1.88 bits per heavy atom. The highest BCUT2D eigenvalue weighted by Crippen LogP contribution is 2.56. The fourth-order valence-corrected chi connectivity index (χ4v) is 3.62. The predicted octanol–water partition coefficient (Wildman–Crippen LogP) is 2.81. The van der Waals surface area contributed by atoms with E-state index in [1.54, 1.807) is 16.7 Å². The van der Waals surface area contributed by atoms with Crippen molar-refractivity contribution >= 4 is 0 Å². The summed E-state index contributed by atoms with van der Waals surface area (Å²) in [6.07, 6.45) is 2.83. The van der Waals surface area contributed by atoms with E-state index in [0.29, 0.717) is 0 Å². The van der Waals surface area contributed by atoms with Gasteiger partial charge in [0, 0.05) is 0 Å². The number of hydrogen-bond donors (Lipinski definition) is 1. The first-order valence-electron chi connectivity index (χ1n) is 6.66. The molecule has 1 heterocycles. The van der Waals surface area contributed by atoms with Crippen molar-refractivity contribution in [2.45, 2.75) is 31.6 Å². The molecule has 0 aromatic heterocycles. The summed E-state index contributed by atoms with van der Waals surface area (Å²) in [6, 6.07) is 7.27. The van der Waals surface area contributed by atoms with Crippen LogP contribution < -0.4 is 5.32 Å². The van der Waals surface area contributed by atoms with Crippen molar-refractivity contribution in [3.63, 3.8) is 0 Å². The van der Waals surface area contributed by atoms with E-state index in [1.807, 2.05) is 0 Å². The van der Waals surface area contributed by atoms with Crippen LogP contribution in [0.5, 0.6) is 0 Å². The third kappa shape index (κ3) is 1.27.